The molecule has 4 heteroatoms. The van der Waals surface area contributed by atoms with Gasteiger partial charge in [0.25, 0.3) is 0 Å². The first-order valence-corrected chi connectivity index (χ1v) is 8.29. The van der Waals surface area contributed by atoms with E-state index < -0.39 is 9.84 Å². The fraction of sp³-hybridized carbons (Fsp3) is 0.571. The molecule has 0 fully saturated rings. The Balaban J connectivity index is 2.70. The molecule has 1 atom stereocenters. The molecule has 1 rings (SSSR count). The van der Waals surface area contributed by atoms with E-state index in [1.165, 1.54) is 22.9 Å². The maximum absolute atomic E-state index is 11.2. The summed E-state index contributed by atoms with van der Waals surface area (Å²) in [6.07, 6.45) is 2.82. The summed E-state index contributed by atoms with van der Waals surface area (Å²) in [5.41, 5.74) is 3.80. The van der Waals surface area contributed by atoms with E-state index in [2.05, 4.69) is 37.4 Å². The molecule has 0 aliphatic carbocycles. The van der Waals surface area contributed by atoms with Crippen molar-refractivity contribution in [3.8, 4) is 0 Å². The van der Waals surface area contributed by atoms with Crippen LogP contribution >= 0.6 is 0 Å². The topological polar surface area (TPSA) is 46.2 Å². The molecule has 102 valence electrons. The maximum atomic E-state index is 11.2. The second-order valence-electron chi connectivity index (χ2n) is 5.04. The molecule has 1 unspecified atom stereocenters. The minimum atomic E-state index is -2.88. The van der Waals surface area contributed by atoms with Gasteiger partial charge in [-0.2, -0.15) is 0 Å². The first-order chi connectivity index (χ1) is 8.31. The largest absolute Gasteiger partial charge is 0.317 e. The van der Waals surface area contributed by atoms with Crippen molar-refractivity contribution in [3.63, 3.8) is 0 Å². The Hall–Kier alpha value is -0.870. The lowest BCUT2D eigenvalue weighted by Gasteiger charge is -2.17. The van der Waals surface area contributed by atoms with Gasteiger partial charge in [-0.25, -0.2) is 8.42 Å². The standard InChI is InChI=1S/C14H23NO2S/c1-11-5-6-12(2)13(9-11)10-14(15-3)7-8-18(4,16)17/h5-6,9,14-15H,7-8,10H2,1-4H3. The molecule has 0 spiro atoms. The van der Waals surface area contributed by atoms with Crippen molar-refractivity contribution in [3.05, 3.63) is 34.9 Å². The lowest BCUT2D eigenvalue weighted by atomic mass is 9.98. The summed E-state index contributed by atoms with van der Waals surface area (Å²) in [6.45, 7) is 4.17. The van der Waals surface area contributed by atoms with Crippen molar-refractivity contribution < 1.29 is 8.42 Å². The number of likely N-dealkylation sites (N-methyl/N-ethyl adjacent to an activating group) is 1. The Bertz CT molecular complexity index is 495. The number of nitrogens with one attached hydrogen (secondary N) is 1. The van der Waals surface area contributed by atoms with Crippen LogP contribution < -0.4 is 5.32 Å². The number of aryl methyl sites for hydroxylation is 2. The SMILES string of the molecule is CNC(CCS(C)(=O)=O)Cc1cc(C)ccc1C. The molecule has 0 radical (unpaired) electrons. The van der Waals surface area contributed by atoms with Crippen molar-refractivity contribution in [1.82, 2.24) is 5.32 Å². The van der Waals surface area contributed by atoms with E-state index in [0.717, 1.165) is 6.42 Å². The Morgan fingerprint density at radius 2 is 1.94 bits per heavy atom. The van der Waals surface area contributed by atoms with Crippen LogP contribution in [0.1, 0.15) is 23.1 Å². The molecule has 0 heterocycles. The fourth-order valence-electron chi connectivity index (χ4n) is 1.99. The molecule has 0 saturated carbocycles. The molecular weight excluding hydrogens is 246 g/mol. The van der Waals surface area contributed by atoms with Gasteiger partial charge in [-0.05, 0) is 44.9 Å². The van der Waals surface area contributed by atoms with E-state index in [-0.39, 0.29) is 11.8 Å². The smallest absolute Gasteiger partial charge is 0.147 e. The van der Waals surface area contributed by atoms with Crippen LogP contribution in [-0.4, -0.2) is 33.5 Å². The lowest BCUT2D eigenvalue weighted by Crippen LogP contribution is -2.30. The van der Waals surface area contributed by atoms with Crippen LogP contribution in [0.25, 0.3) is 0 Å². The summed E-state index contributed by atoms with van der Waals surface area (Å²) in [7, 11) is -0.993. The number of benzene rings is 1. The Labute approximate surface area is 111 Å². The molecule has 1 aromatic rings. The third-order valence-electron chi connectivity index (χ3n) is 3.22. The molecule has 0 aromatic heterocycles. The molecule has 0 aliphatic rings. The Morgan fingerprint density at radius 1 is 1.28 bits per heavy atom. The number of hydrogen-bond acceptors (Lipinski definition) is 3. The Morgan fingerprint density at radius 3 is 2.50 bits per heavy atom. The highest BCUT2D eigenvalue weighted by atomic mass is 32.2. The van der Waals surface area contributed by atoms with Crippen molar-refractivity contribution in [1.29, 1.82) is 0 Å². The second-order valence-corrected chi connectivity index (χ2v) is 7.30. The molecule has 1 N–H and O–H groups in total. The predicted octanol–water partition coefficient (Wildman–Crippen LogP) is 1.87. The molecule has 18 heavy (non-hydrogen) atoms. The van der Waals surface area contributed by atoms with Gasteiger partial charge in [0.1, 0.15) is 9.84 Å². The van der Waals surface area contributed by atoms with Crippen LogP contribution in [0.2, 0.25) is 0 Å². The quantitative estimate of drug-likeness (QED) is 0.857. The molecule has 0 aliphatic heterocycles. The van der Waals surface area contributed by atoms with Crippen LogP contribution in [0.3, 0.4) is 0 Å². The fourth-order valence-corrected chi connectivity index (χ4v) is 2.70. The van der Waals surface area contributed by atoms with Gasteiger partial charge in [-0.1, -0.05) is 23.8 Å². The summed E-state index contributed by atoms with van der Waals surface area (Å²) < 4.78 is 22.4. The van der Waals surface area contributed by atoms with Gasteiger partial charge in [0.2, 0.25) is 0 Å². The van der Waals surface area contributed by atoms with Crippen LogP contribution in [0, 0.1) is 13.8 Å². The second kappa shape index (κ2) is 6.34. The average Bonchev–Trinajstić information content (AvgIpc) is 2.27. The van der Waals surface area contributed by atoms with Crippen molar-refractivity contribution in [2.75, 3.05) is 19.1 Å². The van der Waals surface area contributed by atoms with Gasteiger partial charge in [0, 0.05) is 12.3 Å². The van der Waals surface area contributed by atoms with Crippen LogP contribution in [-0.2, 0) is 16.3 Å². The van der Waals surface area contributed by atoms with Crippen LogP contribution in [0.5, 0.6) is 0 Å². The minimum absolute atomic E-state index is 0.209. The summed E-state index contributed by atoms with van der Waals surface area (Å²) in [5, 5.41) is 3.21. The normalized spacial score (nSPS) is 13.6. The van der Waals surface area contributed by atoms with Crippen molar-refractivity contribution >= 4 is 9.84 Å². The molecular formula is C14H23NO2S. The van der Waals surface area contributed by atoms with Crippen molar-refractivity contribution in [2.24, 2.45) is 0 Å². The molecule has 0 bridgehead atoms. The first kappa shape index (κ1) is 15.2. The zero-order chi connectivity index (χ0) is 13.8. The third kappa shape index (κ3) is 5.19. The summed E-state index contributed by atoms with van der Waals surface area (Å²) in [5.74, 6) is 0.239. The lowest BCUT2D eigenvalue weighted by molar-refractivity contribution is 0.533. The molecule has 3 nitrogen and oxygen atoms in total. The van der Waals surface area contributed by atoms with E-state index in [9.17, 15) is 8.42 Å². The van der Waals surface area contributed by atoms with Gasteiger partial charge in [-0.15, -0.1) is 0 Å². The maximum Gasteiger partial charge on any atom is 0.147 e. The molecule has 0 amide bonds. The zero-order valence-electron chi connectivity index (χ0n) is 11.7. The highest BCUT2D eigenvalue weighted by molar-refractivity contribution is 7.90. The zero-order valence-corrected chi connectivity index (χ0v) is 12.5. The van der Waals surface area contributed by atoms with Gasteiger partial charge < -0.3 is 5.32 Å². The predicted molar refractivity (Wildman–Crippen MR) is 76.8 cm³/mol. The minimum Gasteiger partial charge on any atom is -0.317 e. The van der Waals surface area contributed by atoms with Gasteiger partial charge >= 0.3 is 0 Å². The number of sulfone groups is 1. The highest BCUT2D eigenvalue weighted by Crippen LogP contribution is 2.14. The summed E-state index contributed by atoms with van der Waals surface area (Å²) in [6, 6.07) is 6.61. The third-order valence-corrected chi connectivity index (χ3v) is 4.19. The highest BCUT2D eigenvalue weighted by Gasteiger charge is 2.12. The average molecular weight is 269 g/mol. The van der Waals surface area contributed by atoms with E-state index >= 15 is 0 Å². The molecule has 1 aromatic carbocycles. The summed E-state index contributed by atoms with van der Waals surface area (Å²) in [4.78, 5) is 0. The van der Waals surface area contributed by atoms with Crippen molar-refractivity contribution in [2.45, 2.75) is 32.7 Å². The Kier molecular flexibility index (Phi) is 5.35. The van der Waals surface area contributed by atoms with Crippen LogP contribution in [0.15, 0.2) is 18.2 Å². The van der Waals surface area contributed by atoms with Gasteiger partial charge in [0.15, 0.2) is 0 Å². The summed E-state index contributed by atoms with van der Waals surface area (Å²) >= 11 is 0. The van der Waals surface area contributed by atoms with Gasteiger partial charge in [0.05, 0.1) is 5.75 Å². The van der Waals surface area contributed by atoms with E-state index in [0.29, 0.717) is 6.42 Å². The number of rotatable bonds is 6. The van der Waals surface area contributed by atoms with E-state index in [4.69, 9.17) is 0 Å². The number of hydrogen-bond donors (Lipinski definition) is 1. The molecule has 0 saturated heterocycles. The van der Waals surface area contributed by atoms with Crippen LogP contribution in [0.4, 0.5) is 0 Å². The first-order valence-electron chi connectivity index (χ1n) is 6.23. The van der Waals surface area contributed by atoms with Gasteiger partial charge in [-0.3, -0.25) is 0 Å². The van der Waals surface area contributed by atoms with E-state index in [1.54, 1.807) is 0 Å². The van der Waals surface area contributed by atoms with E-state index in [1.807, 2.05) is 7.05 Å². The monoisotopic (exact) mass is 269 g/mol.